The second-order valence-electron chi connectivity index (χ2n) is 6.42. The molecule has 138 valence electrons. The quantitative estimate of drug-likeness (QED) is 0.674. The van der Waals surface area contributed by atoms with Gasteiger partial charge in [-0.1, -0.05) is 30.4 Å². The molecule has 0 saturated heterocycles. The predicted octanol–water partition coefficient (Wildman–Crippen LogP) is 3.58. The number of nitrogens with one attached hydrogen (secondary N) is 1. The minimum atomic E-state index is -0.647. The first-order valence-corrected chi connectivity index (χ1v) is 8.77. The lowest BCUT2D eigenvalue weighted by Crippen LogP contribution is -2.34. The van der Waals surface area contributed by atoms with E-state index in [9.17, 15) is 9.90 Å². The molecular weight excluding hydrogens is 326 g/mol. The van der Waals surface area contributed by atoms with E-state index in [0.29, 0.717) is 18.7 Å². The molecule has 1 spiro atoms. The van der Waals surface area contributed by atoms with Gasteiger partial charge >= 0.3 is 0 Å². The van der Waals surface area contributed by atoms with Crippen molar-refractivity contribution in [3.05, 3.63) is 58.9 Å². The molecule has 2 heterocycles. The fraction of sp³-hybridized carbons (Fsp3) is 0.333. The van der Waals surface area contributed by atoms with E-state index in [2.05, 4.69) is 10.3 Å². The molecule has 0 radical (unpaired) electrons. The first-order chi connectivity index (χ1) is 12.5. The first kappa shape index (κ1) is 19.7. The molecule has 0 bridgehead atoms. The van der Waals surface area contributed by atoms with Gasteiger partial charge < -0.3 is 16.2 Å². The summed E-state index contributed by atoms with van der Waals surface area (Å²) in [6.45, 7) is 5.89. The molecule has 3 rings (SSSR count). The maximum absolute atomic E-state index is 12.4. The number of aliphatic hydroxyl groups excluding tert-OH is 1. The van der Waals surface area contributed by atoms with Crippen molar-refractivity contribution in [1.29, 1.82) is 0 Å². The molecule has 0 fully saturated rings. The van der Waals surface area contributed by atoms with E-state index in [1.807, 2.05) is 63.3 Å². The van der Waals surface area contributed by atoms with Gasteiger partial charge in [0.25, 0.3) is 0 Å². The summed E-state index contributed by atoms with van der Waals surface area (Å²) >= 11 is 0. The summed E-state index contributed by atoms with van der Waals surface area (Å²) in [5.41, 5.74) is 8.71. The zero-order valence-electron chi connectivity index (χ0n) is 15.6. The number of fused-ring (bicyclic) bond motifs is 1. The minimum Gasteiger partial charge on any atom is -0.392 e. The Kier molecular flexibility index (Phi) is 6.52. The summed E-state index contributed by atoms with van der Waals surface area (Å²) < 4.78 is 0. The Bertz CT molecular complexity index is 786. The van der Waals surface area contributed by atoms with Crippen LogP contribution in [0.15, 0.2) is 52.8 Å². The van der Waals surface area contributed by atoms with Crippen molar-refractivity contribution in [1.82, 2.24) is 5.32 Å². The Morgan fingerprint density at radius 1 is 1.31 bits per heavy atom. The summed E-state index contributed by atoms with van der Waals surface area (Å²) in [7, 11) is 0. The van der Waals surface area contributed by atoms with Crippen LogP contribution in [-0.4, -0.2) is 17.2 Å². The highest BCUT2D eigenvalue weighted by molar-refractivity contribution is 5.93. The van der Waals surface area contributed by atoms with E-state index in [0.717, 1.165) is 22.4 Å². The smallest absolute Gasteiger partial charge is 0.236 e. The monoisotopic (exact) mass is 353 g/mol. The number of benzene rings is 1. The fourth-order valence-corrected chi connectivity index (χ4v) is 2.98. The van der Waals surface area contributed by atoms with Crippen LogP contribution >= 0.6 is 0 Å². The molecule has 26 heavy (non-hydrogen) atoms. The molecule has 0 saturated carbocycles. The molecule has 0 aromatic heterocycles. The molecule has 1 unspecified atom stereocenters. The van der Waals surface area contributed by atoms with E-state index in [-0.39, 0.29) is 12.5 Å². The predicted molar refractivity (Wildman–Crippen MR) is 107 cm³/mol. The Labute approximate surface area is 155 Å². The molecule has 4 N–H and O–H groups in total. The van der Waals surface area contributed by atoms with E-state index in [4.69, 9.17) is 5.73 Å². The second-order valence-corrected chi connectivity index (χ2v) is 6.42. The van der Waals surface area contributed by atoms with Crippen molar-refractivity contribution < 1.29 is 9.90 Å². The van der Waals surface area contributed by atoms with Gasteiger partial charge in [0.2, 0.25) is 5.91 Å². The number of amides is 1. The van der Waals surface area contributed by atoms with Crippen LogP contribution in [0.25, 0.3) is 6.08 Å². The summed E-state index contributed by atoms with van der Waals surface area (Å²) in [5, 5.41) is 12.0. The fourth-order valence-electron chi connectivity index (χ4n) is 2.98. The third kappa shape index (κ3) is 3.94. The molecule has 5 heteroatoms. The molecule has 1 aromatic rings. The molecule has 1 amide bonds. The first-order valence-electron chi connectivity index (χ1n) is 8.77. The van der Waals surface area contributed by atoms with Crippen molar-refractivity contribution in [3.8, 4) is 0 Å². The van der Waals surface area contributed by atoms with Crippen molar-refractivity contribution in [2.45, 2.75) is 40.2 Å². The number of nitrogens with zero attached hydrogens (tertiary/aromatic N) is 1. The Morgan fingerprint density at radius 2 is 2.04 bits per heavy atom. The maximum Gasteiger partial charge on any atom is 0.236 e. The zero-order chi connectivity index (χ0) is 19.2. The van der Waals surface area contributed by atoms with Crippen LogP contribution in [0.5, 0.6) is 0 Å². The number of hydrogen-bond acceptors (Lipinski definition) is 4. The molecule has 1 atom stereocenters. The van der Waals surface area contributed by atoms with E-state index in [1.165, 1.54) is 0 Å². The molecule has 1 aromatic carbocycles. The number of aliphatic hydroxyl groups is 1. The lowest BCUT2D eigenvalue weighted by molar-refractivity contribution is -0.126. The molecule has 5 nitrogen and oxygen atoms in total. The molecule has 0 aliphatic carbocycles. The number of aliphatic imine (C=N–C) groups is 1. The van der Waals surface area contributed by atoms with Gasteiger partial charge in [-0.15, -0.1) is 0 Å². The van der Waals surface area contributed by atoms with Crippen LogP contribution in [0.3, 0.4) is 0 Å². The number of nitrogens with two attached hydrogens (primary N) is 1. The van der Waals surface area contributed by atoms with Crippen LogP contribution in [0.2, 0.25) is 0 Å². The third-order valence-corrected chi connectivity index (χ3v) is 4.85. The van der Waals surface area contributed by atoms with Crippen LogP contribution in [0.1, 0.15) is 44.7 Å². The number of hydrogen-bond donors (Lipinski definition) is 3. The number of carbonyl (C=O) groups is 1. The summed E-state index contributed by atoms with van der Waals surface area (Å²) in [5.74, 6) is 0.381. The van der Waals surface area contributed by atoms with Gasteiger partial charge in [0.15, 0.2) is 0 Å². The highest BCUT2D eigenvalue weighted by Crippen LogP contribution is 2.41. The number of allylic oxidation sites excluding steroid dienone is 3. The van der Waals surface area contributed by atoms with Gasteiger partial charge in [-0.3, -0.25) is 9.79 Å². The maximum atomic E-state index is 12.4. The van der Waals surface area contributed by atoms with Crippen LogP contribution in [-0.2, 0) is 11.4 Å². The Balaban J connectivity index is 0.000000552. The summed E-state index contributed by atoms with van der Waals surface area (Å²) in [6, 6.07) is 5.64. The average Bonchev–Trinajstić information content (AvgIpc) is 2.92. The topological polar surface area (TPSA) is 87.7 Å². The average molecular weight is 353 g/mol. The van der Waals surface area contributed by atoms with Gasteiger partial charge in [-0.2, -0.15) is 0 Å². The third-order valence-electron chi connectivity index (χ3n) is 4.85. The SMILES string of the molecule is C/C=C\C.CC1=C(N)NC(=O)C12CC=Nc1ccc(CO)cc1/C=C/C2. The van der Waals surface area contributed by atoms with E-state index >= 15 is 0 Å². The number of rotatable bonds is 1. The van der Waals surface area contributed by atoms with Crippen molar-refractivity contribution in [2.75, 3.05) is 0 Å². The highest BCUT2D eigenvalue weighted by Gasteiger charge is 2.44. The van der Waals surface area contributed by atoms with Crippen LogP contribution in [0, 0.1) is 5.41 Å². The summed E-state index contributed by atoms with van der Waals surface area (Å²) in [4.78, 5) is 16.9. The van der Waals surface area contributed by atoms with Gasteiger partial charge in [-0.25, -0.2) is 0 Å². The molecular formula is C21H27N3O2. The Morgan fingerprint density at radius 3 is 2.62 bits per heavy atom. The largest absolute Gasteiger partial charge is 0.392 e. The number of carbonyl (C=O) groups excluding carboxylic acids is 1. The molecule has 2 aliphatic heterocycles. The van der Waals surface area contributed by atoms with Crippen LogP contribution < -0.4 is 11.1 Å². The van der Waals surface area contributed by atoms with Crippen LogP contribution in [0.4, 0.5) is 5.69 Å². The normalized spacial score (nSPS) is 23.0. The minimum absolute atomic E-state index is 0.00441. The van der Waals surface area contributed by atoms with E-state index in [1.54, 1.807) is 6.21 Å². The summed E-state index contributed by atoms with van der Waals surface area (Å²) in [6.07, 6.45) is 10.8. The van der Waals surface area contributed by atoms with Gasteiger partial charge in [0.1, 0.15) is 5.82 Å². The lowest BCUT2D eigenvalue weighted by Gasteiger charge is -2.24. The Hall–Kier alpha value is -2.66. The van der Waals surface area contributed by atoms with Crippen molar-refractivity contribution >= 4 is 23.9 Å². The zero-order valence-corrected chi connectivity index (χ0v) is 15.6. The van der Waals surface area contributed by atoms with E-state index < -0.39 is 5.41 Å². The van der Waals surface area contributed by atoms with Crippen molar-refractivity contribution in [3.63, 3.8) is 0 Å². The van der Waals surface area contributed by atoms with Gasteiger partial charge in [0.05, 0.1) is 17.7 Å². The standard InChI is InChI=1S/C17H19N3O2.C4H8/c1-11-15(18)20-16(22)17(11)6-2-3-13-9-12(10-21)4-5-14(13)19-8-7-17;1-3-4-2/h2-5,8-9,21H,6-7,10,18H2,1H3,(H,20,22);3-4H,1-2H3/b3-2+,19-8?;4-3-. The second kappa shape index (κ2) is 8.63. The van der Waals surface area contributed by atoms with Gasteiger partial charge in [-0.05, 0) is 50.5 Å². The van der Waals surface area contributed by atoms with Crippen molar-refractivity contribution in [2.24, 2.45) is 16.1 Å². The molecule has 2 aliphatic rings. The van der Waals surface area contributed by atoms with Gasteiger partial charge in [0, 0.05) is 18.2 Å². The highest BCUT2D eigenvalue weighted by atomic mass is 16.3. The lowest BCUT2D eigenvalue weighted by atomic mass is 9.76.